The zero-order valence-electron chi connectivity index (χ0n) is 16.0. The molecule has 0 saturated carbocycles. The number of aliphatic hydroxyl groups is 1. The number of benzene rings is 1. The maximum Gasteiger partial charge on any atom is 0.433 e. The molecule has 2 heterocycles. The topological polar surface area (TPSA) is 73.3 Å². The Balaban J connectivity index is 2.23. The van der Waals surface area contributed by atoms with E-state index >= 15 is 0 Å². The molecule has 0 aliphatic carbocycles. The highest BCUT2D eigenvalue weighted by Crippen LogP contribution is 2.42. The molecule has 162 valence electrons. The first-order valence-corrected chi connectivity index (χ1v) is 9.35. The Morgan fingerprint density at radius 1 is 1.33 bits per heavy atom. The molecule has 1 N–H and O–H groups in total. The van der Waals surface area contributed by atoms with Gasteiger partial charge in [-0.3, -0.25) is 4.68 Å². The van der Waals surface area contributed by atoms with E-state index in [1.165, 1.54) is 19.1 Å². The minimum atomic E-state index is -4.80. The fraction of sp³-hybridized carbons (Fsp3) is 0.368. The maximum atomic E-state index is 14.4. The lowest BCUT2D eigenvalue weighted by atomic mass is 10.0. The number of hydrogen-bond donors (Lipinski definition) is 1. The first-order valence-electron chi connectivity index (χ1n) is 8.97. The van der Waals surface area contributed by atoms with Crippen LogP contribution in [0.1, 0.15) is 25.1 Å². The Hall–Kier alpha value is -2.43. The summed E-state index contributed by atoms with van der Waals surface area (Å²) in [7, 11) is 0. The lowest BCUT2D eigenvalue weighted by Gasteiger charge is -2.13. The van der Waals surface area contributed by atoms with Crippen molar-refractivity contribution in [2.45, 2.75) is 39.3 Å². The van der Waals surface area contributed by atoms with Crippen LogP contribution in [0, 0.1) is 5.82 Å². The lowest BCUT2D eigenvalue weighted by Crippen LogP contribution is -2.21. The minimum absolute atomic E-state index is 0.0217. The molecule has 3 rings (SSSR count). The van der Waals surface area contributed by atoms with Crippen LogP contribution < -0.4 is 0 Å². The van der Waals surface area contributed by atoms with Crippen LogP contribution in [0.3, 0.4) is 0 Å². The molecular formula is C19H18ClF4N3O3. The third-order valence-electron chi connectivity index (χ3n) is 4.23. The van der Waals surface area contributed by atoms with E-state index in [9.17, 15) is 22.7 Å². The van der Waals surface area contributed by atoms with Crippen molar-refractivity contribution in [1.29, 1.82) is 0 Å². The van der Waals surface area contributed by atoms with Crippen LogP contribution in [0.4, 0.5) is 17.6 Å². The van der Waals surface area contributed by atoms with E-state index in [4.69, 9.17) is 20.9 Å². The van der Waals surface area contributed by atoms with Gasteiger partial charge >= 0.3 is 6.18 Å². The average molecular weight is 448 g/mol. The van der Waals surface area contributed by atoms with E-state index in [1.807, 2.05) is 0 Å². The zero-order valence-corrected chi connectivity index (χ0v) is 16.8. The fourth-order valence-corrected chi connectivity index (χ4v) is 3.27. The highest BCUT2D eigenvalue weighted by molar-refractivity contribution is 6.33. The second kappa shape index (κ2) is 8.75. The van der Waals surface area contributed by atoms with E-state index in [2.05, 4.69) is 10.3 Å². The van der Waals surface area contributed by atoms with Crippen LogP contribution in [0.15, 0.2) is 28.9 Å². The normalized spacial score (nSPS) is 13.1. The van der Waals surface area contributed by atoms with E-state index in [0.717, 1.165) is 12.3 Å². The third-order valence-corrected chi connectivity index (χ3v) is 4.54. The summed E-state index contributed by atoms with van der Waals surface area (Å²) in [6.07, 6.45) is -4.90. The fourth-order valence-electron chi connectivity index (χ4n) is 3.02. The van der Waals surface area contributed by atoms with Gasteiger partial charge in [-0.1, -0.05) is 22.8 Å². The molecule has 1 aromatic carbocycles. The highest BCUT2D eigenvalue weighted by atomic mass is 35.5. The molecule has 0 radical (unpaired) electrons. The van der Waals surface area contributed by atoms with Gasteiger partial charge in [0.1, 0.15) is 11.5 Å². The maximum absolute atomic E-state index is 14.4. The van der Waals surface area contributed by atoms with Gasteiger partial charge in [0.25, 0.3) is 0 Å². The lowest BCUT2D eigenvalue weighted by molar-refractivity contribution is -0.144. The SMILES string of the molecule is CCOCc1c(-c2c(F)cccc2Cl)noc1-c1cnn(CC(C)O)c1C(F)(F)F. The van der Waals surface area contributed by atoms with E-state index in [0.29, 0.717) is 4.68 Å². The van der Waals surface area contributed by atoms with Gasteiger partial charge in [-0.05, 0) is 26.0 Å². The second-order valence-electron chi connectivity index (χ2n) is 6.51. The molecule has 1 atom stereocenters. The van der Waals surface area contributed by atoms with Crippen molar-refractivity contribution in [2.75, 3.05) is 6.61 Å². The zero-order chi connectivity index (χ0) is 22.1. The Morgan fingerprint density at radius 3 is 2.67 bits per heavy atom. The molecular weight excluding hydrogens is 430 g/mol. The van der Waals surface area contributed by atoms with Gasteiger partial charge in [0, 0.05) is 6.61 Å². The molecule has 0 spiro atoms. The van der Waals surface area contributed by atoms with Gasteiger partial charge in [-0.15, -0.1) is 0 Å². The van der Waals surface area contributed by atoms with Gasteiger partial charge in [0.15, 0.2) is 11.5 Å². The molecule has 0 bridgehead atoms. The quantitative estimate of drug-likeness (QED) is 0.520. The summed E-state index contributed by atoms with van der Waals surface area (Å²) in [6, 6.07) is 3.98. The smallest absolute Gasteiger partial charge is 0.391 e. The molecule has 0 saturated heterocycles. The van der Waals surface area contributed by atoms with Crippen molar-refractivity contribution < 1.29 is 31.9 Å². The summed E-state index contributed by atoms with van der Waals surface area (Å²) in [4.78, 5) is 0. The van der Waals surface area contributed by atoms with Gasteiger partial charge in [0.2, 0.25) is 0 Å². The molecule has 6 nitrogen and oxygen atoms in total. The van der Waals surface area contributed by atoms with Crippen molar-refractivity contribution in [2.24, 2.45) is 0 Å². The van der Waals surface area contributed by atoms with Crippen molar-refractivity contribution in [1.82, 2.24) is 14.9 Å². The van der Waals surface area contributed by atoms with Gasteiger partial charge < -0.3 is 14.4 Å². The molecule has 0 aliphatic heterocycles. The van der Waals surface area contributed by atoms with E-state index in [-0.39, 0.29) is 47.4 Å². The Bertz CT molecular complexity index is 1010. The number of ether oxygens (including phenoxy) is 1. The molecule has 0 fully saturated rings. The summed E-state index contributed by atoms with van der Waals surface area (Å²) >= 11 is 6.10. The summed E-state index contributed by atoms with van der Waals surface area (Å²) < 4.78 is 67.1. The first kappa shape index (κ1) is 22.3. The molecule has 3 aromatic rings. The van der Waals surface area contributed by atoms with Crippen molar-refractivity contribution in [3.63, 3.8) is 0 Å². The second-order valence-corrected chi connectivity index (χ2v) is 6.92. The minimum Gasteiger partial charge on any atom is -0.391 e. The molecule has 30 heavy (non-hydrogen) atoms. The van der Waals surface area contributed by atoms with Crippen LogP contribution in [0.5, 0.6) is 0 Å². The van der Waals surface area contributed by atoms with Crippen LogP contribution in [-0.4, -0.2) is 32.8 Å². The van der Waals surface area contributed by atoms with Crippen molar-refractivity contribution in [3.05, 3.63) is 46.5 Å². The Morgan fingerprint density at radius 2 is 2.07 bits per heavy atom. The first-order chi connectivity index (χ1) is 14.1. The highest BCUT2D eigenvalue weighted by Gasteiger charge is 2.41. The van der Waals surface area contributed by atoms with Gasteiger partial charge in [-0.2, -0.15) is 18.3 Å². The summed E-state index contributed by atoms with van der Waals surface area (Å²) in [5.74, 6) is -0.970. The third kappa shape index (κ3) is 4.35. The predicted molar refractivity (Wildman–Crippen MR) is 100 cm³/mol. The number of rotatable bonds is 7. The standard InChI is InChI=1S/C19H18ClF4N3O3/c1-3-29-9-12-16(15-13(20)5-4-6-14(15)21)26-30-17(12)11-7-25-27(8-10(2)28)18(11)19(22,23)24/h4-7,10,28H,3,8-9H2,1-2H3. The predicted octanol–water partition coefficient (Wildman–Crippen LogP) is 4.93. The largest absolute Gasteiger partial charge is 0.433 e. The molecule has 1 unspecified atom stereocenters. The summed E-state index contributed by atoms with van der Waals surface area (Å²) in [5.41, 5.74) is -1.58. The van der Waals surface area contributed by atoms with Crippen LogP contribution in [0.2, 0.25) is 5.02 Å². The Labute approximate surface area is 174 Å². The average Bonchev–Trinajstić information content (AvgIpc) is 3.23. The van der Waals surface area contributed by atoms with Gasteiger partial charge in [0.05, 0.1) is 47.2 Å². The van der Waals surface area contributed by atoms with Crippen LogP contribution in [-0.2, 0) is 24.1 Å². The number of aromatic nitrogens is 3. The number of alkyl halides is 3. The van der Waals surface area contributed by atoms with Crippen LogP contribution in [0.25, 0.3) is 22.6 Å². The summed E-state index contributed by atoms with van der Waals surface area (Å²) in [6.45, 7) is 2.73. The number of halogens is 5. The summed E-state index contributed by atoms with van der Waals surface area (Å²) in [5, 5.41) is 17.1. The van der Waals surface area contributed by atoms with Crippen LogP contribution >= 0.6 is 11.6 Å². The molecule has 11 heteroatoms. The molecule has 2 aromatic heterocycles. The van der Waals surface area contributed by atoms with Gasteiger partial charge in [-0.25, -0.2) is 4.39 Å². The Kier molecular flexibility index (Phi) is 6.49. The molecule has 0 amide bonds. The number of aliphatic hydroxyl groups excluding tert-OH is 1. The van der Waals surface area contributed by atoms with E-state index in [1.54, 1.807) is 6.92 Å². The molecule has 0 aliphatic rings. The van der Waals surface area contributed by atoms with Crippen molar-refractivity contribution in [3.8, 4) is 22.6 Å². The van der Waals surface area contributed by atoms with E-state index < -0.39 is 29.4 Å². The monoisotopic (exact) mass is 447 g/mol. The number of nitrogens with zero attached hydrogens (tertiary/aromatic N) is 3. The van der Waals surface area contributed by atoms with Crippen molar-refractivity contribution >= 4 is 11.6 Å². The number of hydrogen-bond acceptors (Lipinski definition) is 5.